The zero-order valence-corrected chi connectivity index (χ0v) is 15.8. The molecule has 2 heterocycles. The van der Waals surface area contributed by atoms with Gasteiger partial charge < -0.3 is 10.5 Å². The molecule has 2 aromatic rings. The molecule has 2 N–H and O–H groups in total. The molecule has 1 unspecified atom stereocenters. The van der Waals surface area contributed by atoms with Crippen LogP contribution in [0.5, 0.6) is 0 Å². The van der Waals surface area contributed by atoms with Crippen LogP contribution >= 0.6 is 0 Å². The molecule has 27 heavy (non-hydrogen) atoms. The summed E-state index contributed by atoms with van der Waals surface area (Å²) in [4.78, 5) is 13.0. The minimum Gasteiger partial charge on any atom is -0.462 e. The van der Waals surface area contributed by atoms with Crippen molar-refractivity contribution < 1.29 is 7.48 Å². The second kappa shape index (κ2) is 5.78. The summed E-state index contributed by atoms with van der Waals surface area (Å²) in [7, 11) is 0. The van der Waals surface area contributed by atoms with Crippen molar-refractivity contribution >= 4 is 6.02 Å². The fourth-order valence-electron chi connectivity index (χ4n) is 5.35. The maximum absolute atomic E-state index is 8.87. The van der Waals surface area contributed by atoms with Crippen LogP contribution in [-0.2, 0) is 16.7 Å². The molecule has 5 heteroatoms. The Morgan fingerprint density at radius 1 is 1.19 bits per heavy atom. The predicted molar refractivity (Wildman–Crippen MR) is 105 cm³/mol. The van der Waals surface area contributed by atoms with Crippen molar-refractivity contribution in [2.45, 2.75) is 45.1 Å². The fraction of sp³-hybridized carbons (Fsp3) is 0.500. The third kappa shape index (κ3) is 2.33. The number of amidine groups is 1. The van der Waals surface area contributed by atoms with E-state index in [2.05, 4.69) is 42.0 Å². The predicted octanol–water partition coefficient (Wildman–Crippen LogP) is 3.68. The zero-order valence-electron chi connectivity index (χ0n) is 17.8. The van der Waals surface area contributed by atoms with Crippen molar-refractivity contribution in [1.29, 1.82) is 0 Å². The van der Waals surface area contributed by atoms with E-state index in [1.807, 2.05) is 0 Å². The average molecular weight is 364 g/mol. The molecule has 1 aliphatic heterocycles. The van der Waals surface area contributed by atoms with Crippen LogP contribution in [0.25, 0.3) is 11.1 Å². The summed E-state index contributed by atoms with van der Waals surface area (Å²) in [6, 6.07) is 6.17. The number of benzene rings is 1. The normalized spacial score (nSPS) is 37.5. The Balaban J connectivity index is 1.73. The third-order valence-corrected chi connectivity index (χ3v) is 7.03. The minimum atomic E-state index is -1.99. The van der Waals surface area contributed by atoms with Gasteiger partial charge in [0.2, 0.25) is 0 Å². The first-order valence-corrected chi connectivity index (χ1v) is 9.71. The highest BCUT2D eigenvalue weighted by atomic mass is 16.5. The molecule has 1 fully saturated rings. The van der Waals surface area contributed by atoms with Gasteiger partial charge in [-0.3, -0.25) is 0 Å². The number of rotatable bonds is 1. The van der Waals surface area contributed by atoms with Crippen LogP contribution in [-0.4, -0.2) is 22.5 Å². The quantitative estimate of drug-likeness (QED) is 0.838. The van der Waals surface area contributed by atoms with Crippen LogP contribution in [0.4, 0.5) is 0 Å². The van der Waals surface area contributed by atoms with Gasteiger partial charge in [-0.25, -0.2) is 15.0 Å². The SMILES string of the molecule is [2H]C1([2H])OC(N)=NC12c1cc(-c3cncnc3)ccc1C[C@]21CC[C@@H](C)[C@H](C)C1. The van der Waals surface area contributed by atoms with Crippen molar-refractivity contribution in [2.75, 3.05) is 6.56 Å². The van der Waals surface area contributed by atoms with Crippen LogP contribution in [0.2, 0.25) is 0 Å². The highest BCUT2D eigenvalue weighted by molar-refractivity contribution is 5.75. The van der Waals surface area contributed by atoms with Crippen molar-refractivity contribution in [3.63, 3.8) is 0 Å². The Kier molecular flexibility index (Phi) is 3.13. The molecule has 0 bridgehead atoms. The largest absolute Gasteiger partial charge is 0.462 e. The van der Waals surface area contributed by atoms with Gasteiger partial charge in [0.25, 0.3) is 6.02 Å². The fourth-order valence-corrected chi connectivity index (χ4v) is 5.35. The number of nitrogens with zero attached hydrogens (tertiary/aromatic N) is 3. The van der Waals surface area contributed by atoms with Gasteiger partial charge in [-0.2, -0.15) is 0 Å². The molecule has 2 aliphatic carbocycles. The van der Waals surface area contributed by atoms with E-state index in [0.29, 0.717) is 11.8 Å². The molecule has 0 saturated heterocycles. The first-order valence-electron chi connectivity index (χ1n) is 10.7. The van der Waals surface area contributed by atoms with Gasteiger partial charge in [0.15, 0.2) is 0 Å². The first kappa shape index (κ1) is 14.6. The first-order chi connectivity index (χ1) is 13.8. The van der Waals surface area contributed by atoms with E-state index < -0.39 is 12.1 Å². The van der Waals surface area contributed by atoms with E-state index in [1.165, 1.54) is 6.33 Å². The van der Waals surface area contributed by atoms with Gasteiger partial charge in [0.05, 0.1) is 2.74 Å². The van der Waals surface area contributed by atoms with Crippen molar-refractivity contribution in [2.24, 2.45) is 28.0 Å². The molecule has 5 nitrogen and oxygen atoms in total. The summed E-state index contributed by atoms with van der Waals surface area (Å²) in [5.74, 6) is 1.11. The van der Waals surface area contributed by atoms with Gasteiger partial charge in [-0.1, -0.05) is 26.0 Å². The summed E-state index contributed by atoms with van der Waals surface area (Å²) in [5.41, 5.74) is 8.41. The van der Waals surface area contributed by atoms with Crippen LogP contribution < -0.4 is 5.73 Å². The van der Waals surface area contributed by atoms with Crippen molar-refractivity contribution in [1.82, 2.24) is 9.97 Å². The summed E-state index contributed by atoms with van der Waals surface area (Å²) in [6.07, 6.45) is 8.73. The molecule has 1 aromatic carbocycles. The number of aromatic nitrogens is 2. The van der Waals surface area contributed by atoms with Gasteiger partial charge in [0, 0.05) is 23.4 Å². The number of hydrogen-bond acceptors (Lipinski definition) is 5. The number of ether oxygens (including phenoxy) is 1. The lowest BCUT2D eigenvalue weighted by Gasteiger charge is -2.47. The van der Waals surface area contributed by atoms with E-state index in [1.54, 1.807) is 12.4 Å². The van der Waals surface area contributed by atoms with E-state index >= 15 is 0 Å². The summed E-state index contributed by atoms with van der Waals surface area (Å²) in [6.45, 7) is 2.57. The van der Waals surface area contributed by atoms with Crippen LogP contribution in [0.3, 0.4) is 0 Å². The Morgan fingerprint density at radius 3 is 2.70 bits per heavy atom. The Bertz CT molecular complexity index is 996. The highest BCUT2D eigenvalue weighted by Crippen LogP contribution is 2.62. The van der Waals surface area contributed by atoms with E-state index in [0.717, 1.165) is 47.9 Å². The molecule has 0 radical (unpaired) electrons. The number of fused-ring (bicyclic) bond motifs is 3. The topological polar surface area (TPSA) is 73.4 Å². The maximum atomic E-state index is 8.87. The van der Waals surface area contributed by atoms with Gasteiger partial charge in [-0.15, -0.1) is 0 Å². The molecule has 1 saturated carbocycles. The van der Waals surface area contributed by atoms with Crippen LogP contribution in [0, 0.1) is 17.3 Å². The molecule has 4 atom stereocenters. The second-order valence-electron chi connectivity index (χ2n) is 8.52. The molecule has 3 aliphatic rings. The Morgan fingerprint density at radius 2 is 2.00 bits per heavy atom. The van der Waals surface area contributed by atoms with E-state index in [9.17, 15) is 0 Å². The van der Waals surface area contributed by atoms with E-state index in [-0.39, 0.29) is 11.4 Å². The molecular formula is C22H26N4O. The summed E-state index contributed by atoms with van der Waals surface area (Å²) < 4.78 is 23.3. The van der Waals surface area contributed by atoms with Crippen molar-refractivity contribution in [3.05, 3.63) is 48.0 Å². The maximum Gasteiger partial charge on any atom is 0.283 e. The zero-order chi connectivity index (χ0) is 20.4. The molecule has 5 rings (SSSR count). The smallest absolute Gasteiger partial charge is 0.283 e. The standard InChI is InChI=1S/C22H26N4O/c1-14-5-6-21(8-15(14)2)9-17-4-3-16(18-10-24-13-25-11-18)7-19(17)22(21)12-27-20(23)26-22/h3-4,7,10-11,13-15H,5-6,8-9,12H2,1-2H3,(H2,23,26)/t14-,15-,21-,22?/m1/s1/i12D2. The summed E-state index contributed by atoms with van der Waals surface area (Å²) in [5, 5.41) is 0. The van der Waals surface area contributed by atoms with Crippen molar-refractivity contribution in [3.8, 4) is 11.1 Å². The Labute approximate surface area is 162 Å². The van der Waals surface area contributed by atoms with Crippen LogP contribution in [0.15, 0.2) is 41.9 Å². The second-order valence-corrected chi connectivity index (χ2v) is 8.52. The molecule has 140 valence electrons. The lowest BCUT2D eigenvalue weighted by atomic mass is 9.58. The lowest BCUT2D eigenvalue weighted by Crippen LogP contribution is -2.47. The van der Waals surface area contributed by atoms with Gasteiger partial charge in [0.1, 0.15) is 18.4 Å². The van der Waals surface area contributed by atoms with Gasteiger partial charge in [-0.05, 0) is 60.3 Å². The average Bonchev–Trinajstić information content (AvgIpc) is 3.10. The Hall–Kier alpha value is -2.43. The third-order valence-electron chi connectivity index (χ3n) is 7.03. The summed E-state index contributed by atoms with van der Waals surface area (Å²) >= 11 is 0. The lowest BCUT2D eigenvalue weighted by molar-refractivity contribution is 0.0205. The van der Waals surface area contributed by atoms with Gasteiger partial charge >= 0.3 is 0 Å². The van der Waals surface area contributed by atoms with Crippen LogP contribution in [0.1, 0.15) is 47.0 Å². The monoisotopic (exact) mass is 364 g/mol. The molecular weight excluding hydrogens is 336 g/mol. The van der Waals surface area contributed by atoms with E-state index in [4.69, 9.17) is 18.2 Å². The molecule has 0 amide bonds. The number of hydrogen-bond donors (Lipinski definition) is 1. The molecule has 1 aromatic heterocycles. The highest BCUT2D eigenvalue weighted by Gasteiger charge is 2.61. The number of nitrogens with two attached hydrogens (primary N) is 1. The molecule has 2 spiro atoms. The minimum absolute atomic E-state index is 0.0538. The number of aliphatic imine (C=N–C) groups is 1.